The van der Waals surface area contributed by atoms with Crippen molar-refractivity contribution in [2.45, 2.75) is 6.54 Å². The highest BCUT2D eigenvalue weighted by molar-refractivity contribution is 5.91. The van der Waals surface area contributed by atoms with Crippen molar-refractivity contribution < 1.29 is 4.74 Å². The van der Waals surface area contributed by atoms with Gasteiger partial charge in [-0.3, -0.25) is 0 Å². The molecule has 2 aromatic carbocycles. The lowest BCUT2D eigenvalue weighted by Crippen LogP contribution is -1.97. The van der Waals surface area contributed by atoms with Crippen LogP contribution in [0.25, 0.3) is 10.8 Å². The first-order valence-corrected chi connectivity index (χ1v) is 6.56. The molecule has 3 aromatic rings. The second-order valence-electron chi connectivity index (χ2n) is 4.57. The van der Waals surface area contributed by atoms with Crippen LogP contribution in [-0.4, -0.2) is 4.98 Å². The lowest BCUT2D eigenvalue weighted by Gasteiger charge is -2.10. The van der Waals surface area contributed by atoms with Crippen LogP contribution in [0.15, 0.2) is 54.7 Å². The van der Waals surface area contributed by atoms with Crippen molar-refractivity contribution in [1.82, 2.24) is 4.98 Å². The van der Waals surface area contributed by atoms with Crippen molar-refractivity contribution in [2.24, 2.45) is 5.73 Å². The number of nitriles is 1. The Balaban J connectivity index is 2.02. The smallest absolute Gasteiger partial charge is 0.219 e. The van der Waals surface area contributed by atoms with Gasteiger partial charge in [-0.2, -0.15) is 5.26 Å². The summed E-state index contributed by atoms with van der Waals surface area (Å²) in [6, 6.07) is 17.2. The van der Waals surface area contributed by atoms with Crippen molar-refractivity contribution >= 4 is 10.8 Å². The third-order valence-electron chi connectivity index (χ3n) is 3.27. The van der Waals surface area contributed by atoms with Gasteiger partial charge < -0.3 is 10.5 Å². The molecule has 0 saturated heterocycles. The zero-order valence-electron chi connectivity index (χ0n) is 11.3. The quantitative estimate of drug-likeness (QED) is 0.795. The number of pyridine rings is 1. The molecule has 4 nitrogen and oxygen atoms in total. The fraction of sp³-hybridized carbons (Fsp3) is 0.0588. The molecule has 1 heterocycles. The Labute approximate surface area is 122 Å². The largest absolute Gasteiger partial charge is 0.438 e. The van der Waals surface area contributed by atoms with Crippen molar-refractivity contribution in [1.29, 1.82) is 5.26 Å². The second-order valence-corrected chi connectivity index (χ2v) is 4.57. The molecular weight excluding hydrogens is 262 g/mol. The van der Waals surface area contributed by atoms with Crippen LogP contribution in [-0.2, 0) is 6.54 Å². The maximum absolute atomic E-state index is 8.77. The minimum atomic E-state index is 0.458. The molecule has 0 aliphatic carbocycles. The van der Waals surface area contributed by atoms with Gasteiger partial charge in [0.25, 0.3) is 0 Å². The molecule has 0 atom stereocenters. The molecule has 0 unspecified atom stereocenters. The molecule has 0 bridgehead atoms. The summed E-state index contributed by atoms with van der Waals surface area (Å²) in [5, 5.41) is 10.8. The van der Waals surface area contributed by atoms with Gasteiger partial charge in [0.05, 0.1) is 5.56 Å². The van der Waals surface area contributed by atoms with Crippen LogP contribution >= 0.6 is 0 Å². The van der Waals surface area contributed by atoms with E-state index in [9.17, 15) is 0 Å². The summed E-state index contributed by atoms with van der Waals surface area (Å²) in [7, 11) is 0. The first-order valence-electron chi connectivity index (χ1n) is 6.56. The van der Waals surface area contributed by atoms with Crippen LogP contribution in [0.1, 0.15) is 11.1 Å². The van der Waals surface area contributed by atoms with Gasteiger partial charge >= 0.3 is 0 Å². The van der Waals surface area contributed by atoms with Crippen LogP contribution < -0.4 is 10.5 Å². The highest BCUT2D eigenvalue weighted by Crippen LogP contribution is 2.30. The zero-order valence-corrected chi connectivity index (χ0v) is 11.3. The molecule has 0 radical (unpaired) electrons. The van der Waals surface area contributed by atoms with Gasteiger partial charge in [0.1, 0.15) is 11.8 Å². The molecule has 21 heavy (non-hydrogen) atoms. The van der Waals surface area contributed by atoms with Gasteiger partial charge in [-0.15, -0.1) is 0 Å². The van der Waals surface area contributed by atoms with E-state index >= 15 is 0 Å². The highest BCUT2D eigenvalue weighted by atomic mass is 16.5. The number of ether oxygens (including phenoxy) is 1. The average molecular weight is 275 g/mol. The van der Waals surface area contributed by atoms with Crippen LogP contribution in [0.2, 0.25) is 0 Å². The standard InChI is InChI=1S/C17H13N3O/c18-9-12-7-8-17(20-11-12)21-16-6-2-4-14-13(10-19)3-1-5-15(14)16/h1-8,11H,10,19H2. The highest BCUT2D eigenvalue weighted by Gasteiger charge is 2.06. The fourth-order valence-electron chi connectivity index (χ4n) is 2.23. The summed E-state index contributed by atoms with van der Waals surface area (Å²) < 4.78 is 5.83. The third-order valence-corrected chi connectivity index (χ3v) is 3.27. The summed E-state index contributed by atoms with van der Waals surface area (Å²) in [4.78, 5) is 4.12. The summed E-state index contributed by atoms with van der Waals surface area (Å²) in [6.45, 7) is 0.482. The topological polar surface area (TPSA) is 71.9 Å². The lowest BCUT2D eigenvalue weighted by atomic mass is 10.0. The zero-order chi connectivity index (χ0) is 14.7. The third kappa shape index (κ3) is 2.55. The number of benzene rings is 2. The molecule has 0 saturated carbocycles. The van der Waals surface area contributed by atoms with Gasteiger partial charge in [-0.25, -0.2) is 4.98 Å². The van der Waals surface area contributed by atoms with Gasteiger partial charge in [-0.1, -0.05) is 30.3 Å². The van der Waals surface area contributed by atoms with E-state index < -0.39 is 0 Å². The van der Waals surface area contributed by atoms with E-state index in [1.807, 2.05) is 42.5 Å². The lowest BCUT2D eigenvalue weighted by molar-refractivity contribution is 0.468. The van der Waals surface area contributed by atoms with Gasteiger partial charge in [-0.05, 0) is 23.1 Å². The van der Waals surface area contributed by atoms with Crippen molar-refractivity contribution in [3.63, 3.8) is 0 Å². The molecule has 0 spiro atoms. The predicted molar refractivity (Wildman–Crippen MR) is 80.9 cm³/mol. The predicted octanol–water partition coefficient (Wildman–Crippen LogP) is 3.36. The van der Waals surface area contributed by atoms with Crippen LogP contribution in [0.3, 0.4) is 0 Å². The SMILES string of the molecule is N#Cc1ccc(Oc2cccc3c(CN)cccc23)nc1. The Kier molecular flexibility index (Phi) is 3.50. The molecule has 0 fully saturated rings. The van der Waals surface area contributed by atoms with Crippen LogP contribution in [0.4, 0.5) is 0 Å². The van der Waals surface area contributed by atoms with E-state index in [0.717, 1.165) is 22.1 Å². The van der Waals surface area contributed by atoms with Gasteiger partial charge in [0.15, 0.2) is 0 Å². The molecule has 2 N–H and O–H groups in total. The van der Waals surface area contributed by atoms with Crippen molar-refractivity contribution in [3.05, 3.63) is 65.9 Å². The summed E-state index contributed by atoms with van der Waals surface area (Å²) in [6.07, 6.45) is 1.49. The molecule has 3 rings (SSSR count). The van der Waals surface area contributed by atoms with E-state index in [0.29, 0.717) is 18.0 Å². The Hall–Kier alpha value is -2.90. The molecule has 102 valence electrons. The van der Waals surface area contributed by atoms with Gasteiger partial charge in [0.2, 0.25) is 5.88 Å². The maximum Gasteiger partial charge on any atom is 0.219 e. The first-order chi connectivity index (χ1) is 10.3. The van der Waals surface area contributed by atoms with Crippen LogP contribution in [0, 0.1) is 11.3 Å². The minimum Gasteiger partial charge on any atom is -0.438 e. The first kappa shape index (κ1) is 13.1. The van der Waals surface area contributed by atoms with E-state index in [4.69, 9.17) is 15.7 Å². The average Bonchev–Trinajstić information content (AvgIpc) is 2.55. The maximum atomic E-state index is 8.77. The number of aromatic nitrogens is 1. The van der Waals surface area contributed by atoms with Crippen molar-refractivity contribution in [2.75, 3.05) is 0 Å². The van der Waals surface area contributed by atoms with Gasteiger partial charge in [0, 0.05) is 24.2 Å². The minimum absolute atomic E-state index is 0.458. The molecule has 0 aliphatic heterocycles. The Morgan fingerprint density at radius 2 is 1.86 bits per heavy atom. The number of fused-ring (bicyclic) bond motifs is 1. The number of hydrogen-bond donors (Lipinski definition) is 1. The molecular formula is C17H13N3O. The summed E-state index contributed by atoms with van der Waals surface area (Å²) in [5.41, 5.74) is 7.35. The summed E-state index contributed by atoms with van der Waals surface area (Å²) in [5.74, 6) is 1.18. The molecule has 4 heteroatoms. The second kappa shape index (κ2) is 5.61. The van der Waals surface area contributed by atoms with E-state index in [1.165, 1.54) is 6.20 Å². The number of nitrogens with two attached hydrogens (primary N) is 1. The molecule has 0 aliphatic rings. The normalized spacial score (nSPS) is 10.3. The van der Waals surface area contributed by atoms with Crippen molar-refractivity contribution in [3.8, 4) is 17.7 Å². The van der Waals surface area contributed by atoms with E-state index in [2.05, 4.69) is 4.98 Å². The molecule has 0 amide bonds. The fourth-order valence-corrected chi connectivity index (χ4v) is 2.23. The monoisotopic (exact) mass is 275 g/mol. The summed E-state index contributed by atoms with van der Waals surface area (Å²) >= 11 is 0. The molecule has 1 aromatic heterocycles. The number of nitrogens with zero attached hydrogens (tertiary/aromatic N) is 2. The Bertz CT molecular complexity index is 820. The number of rotatable bonds is 3. The van der Waals surface area contributed by atoms with E-state index in [1.54, 1.807) is 12.1 Å². The Morgan fingerprint density at radius 1 is 1.05 bits per heavy atom. The Morgan fingerprint density at radius 3 is 2.57 bits per heavy atom. The number of hydrogen-bond acceptors (Lipinski definition) is 4. The van der Waals surface area contributed by atoms with Crippen LogP contribution in [0.5, 0.6) is 11.6 Å². The van der Waals surface area contributed by atoms with E-state index in [-0.39, 0.29) is 0 Å².